The van der Waals surface area contributed by atoms with Crippen molar-refractivity contribution in [2.45, 2.75) is 32.4 Å². The maximum Gasteiger partial charge on any atom is 0.141 e. The fourth-order valence-corrected chi connectivity index (χ4v) is 2.52. The van der Waals surface area contributed by atoms with Gasteiger partial charge in [0.15, 0.2) is 0 Å². The van der Waals surface area contributed by atoms with Crippen molar-refractivity contribution in [1.29, 1.82) is 0 Å². The molecule has 0 radical (unpaired) electrons. The summed E-state index contributed by atoms with van der Waals surface area (Å²) in [5, 5.41) is 4.23. The van der Waals surface area contributed by atoms with Crippen LogP contribution in [0.5, 0.6) is 0 Å². The van der Waals surface area contributed by atoms with Crippen molar-refractivity contribution >= 4 is 11.6 Å². The van der Waals surface area contributed by atoms with Crippen LogP contribution in [0.3, 0.4) is 0 Å². The van der Waals surface area contributed by atoms with Crippen LogP contribution < -0.4 is 5.32 Å². The predicted octanol–water partition coefficient (Wildman–Crippen LogP) is 4.68. The van der Waals surface area contributed by atoms with Crippen molar-refractivity contribution in [3.8, 4) is 0 Å². The summed E-state index contributed by atoms with van der Waals surface area (Å²) < 4.78 is 12.9. The van der Waals surface area contributed by atoms with E-state index >= 15 is 0 Å². The lowest BCUT2D eigenvalue weighted by Gasteiger charge is -2.23. The zero-order valence-electron chi connectivity index (χ0n) is 11.6. The van der Waals surface area contributed by atoms with Crippen LogP contribution in [0, 0.1) is 5.82 Å². The minimum absolute atomic E-state index is 0.0712. The maximum absolute atomic E-state index is 12.9. The Labute approximate surface area is 124 Å². The number of hydrogen-bond donors (Lipinski definition) is 1. The molecule has 1 heterocycles. The van der Waals surface area contributed by atoms with Crippen molar-refractivity contribution in [1.82, 2.24) is 10.3 Å². The van der Waals surface area contributed by atoms with Crippen LogP contribution in [-0.2, 0) is 0 Å². The third-order valence-electron chi connectivity index (χ3n) is 3.34. The smallest absolute Gasteiger partial charge is 0.141 e. The molecule has 0 saturated carbocycles. The molecule has 0 amide bonds. The number of rotatable bonds is 5. The molecule has 106 valence electrons. The van der Waals surface area contributed by atoms with Crippen LogP contribution in [0.4, 0.5) is 4.39 Å². The van der Waals surface area contributed by atoms with E-state index < -0.39 is 0 Å². The Morgan fingerprint density at radius 1 is 1.25 bits per heavy atom. The minimum Gasteiger partial charge on any atom is -0.302 e. The van der Waals surface area contributed by atoms with Crippen LogP contribution in [0.15, 0.2) is 42.6 Å². The number of pyridine rings is 1. The first-order chi connectivity index (χ1) is 9.61. The molecule has 0 aliphatic heterocycles. The number of benzene rings is 1. The Morgan fingerprint density at radius 3 is 2.60 bits per heavy atom. The van der Waals surface area contributed by atoms with Gasteiger partial charge in [-0.15, -0.1) is 0 Å². The van der Waals surface area contributed by atoms with Crippen molar-refractivity contribution in [2.24, 2.45) is 0 Å². The van der Waals surface area contributed by atoms with E-state index in [0.29, 0.717) is 0 Å². The van der Waals surface area contributed by atoms with E-state index in [1.165, 1.54) is 12.3 Å². The monoisotopic (exact) mass is 292 g/mol. The van der Waals surface area contributed by atoms with E-state index in [4.69, 9.17) is 11.6 Å². The highest BCUT2D eigenvalue weighted by molar-refractivity contribution is 6.31. The van der Waals surface area contributed by atoms with Gasteiger partial charge in [-0.1, -0.05) is 36.7 Å². The number of nitrogens with zero attached hydrogens (tertiary/aromatic N) is 1. The maximum atomic E-state index is 12.9. The first-order valence-corrected chi connectivity index (χ1v) is 7.11. The Morgan fingerprint density at radius 2 is 2.00 bits per heavy atom. The molecule has 2 aromatic rings. The highest BCUT2D eigenvalue weighted by Crippen LogP contribution is 2.25. The molecule has 20 heavy (non-hydrogen) atoms. The molecule has 4 heteroatoms. The van der Waals surface area contributed by atoms with E-state index in [-0.39, 0.29) is 17.9 Å². The third kappa shape index (κ3) is 3.56. The largest absolute Gasteiger partial charge is 0.302 e. The number of nitrogens with one attached hydrogen (secondary N) is 1. The lowest BCUT2D eigenvalue weighted by atomic mass is 10.0. The molecule has 0 aliphatic rings. The summed E-state index contributed by atoms with van der Waals surface area (Å²) in [4.78, 5) is 4.15. The summed E-state index contributed by atoms with van der Waals surface area (Å²) in [5.41, 5.74) is 1.89. The van der Waals surface area contributed by atoms with Gasteiger partial charge >= 0.3 is 0 Å². The molecule has 1 aromatic carbocycles. The Kier molecular flexibility index (Phi) is 5.10. The molecule has 0 fully saturated rings. The molecule has 0 bridgehead atoms. The van der Waals surface area contributed by atoms with E-state index in [9.17, 15) is 4.39 Å². The van der Waals surface area contributed by atoms with Crippen molar-refractivity contribution in [2.75, 3.05) is 0 Å². The van der Waals surface area contributed by atoms with Gasteiger partial charge in [-0.05, 0) is 37.1 Å². The van der Waals surface area contributed by atoms with Gasteiger partial charge in [0.2, 0.25) is 0 Å². The topological polar surface area (TPSA) is 24.9 Å². The van der Waals surface area contributed by atoms with Gasteiger partial charge in [0, 0.05) is 17.1 Å². The van der Waals surface area contributed by atoms with E-state index in [1.54, 1.807) is 6.07 Å². The highest BCUT2D eigenvalue weighted by atomic mass is 35.5. The van der Waals surface area contributed by atoms with Crippen LogP contribution >= 0.6 is 11.6 Å². The molecule has 1 unspecified atom stereocenters. The van der Waals surface area contributed by atoms with Gasteiger partial charge < -0.3 is 5.32 Å². The van der Waals surface area contributed by atoms with Crippen molar-refractivity contribution in [3.05, 3.63) is 64.7 Å². The fourth-order valence-electron chi connectivity index (χ4n) is 2.22. The molecular formula is C16H18ClFN2. The average Bonchev–Trinajstić information content (AvgIpc) is 2.46. The summed E-state index contributed by atoms with van der Waals surface area (Å²) in [6.45, 7) is 4.13. The van der Waals surface area contributed by atoms with Gasteiger partial charge in [-0.3, -0.25) is 4.98 Å². The second-order valence-electron chi connectivity index (χ2n) is 4.77. The van der Waals surface area contributed by atoms with Crippen molar-refractivity contribution < 1.29 is 4.39 Å². The molecule has 0 saturated heterocycles. The number of halogens is 2. The van der Waals surface area contributed by atoms with Gasteiger partial charge in [0.25, 0.3) is 0 Å². The summed E-state index contributed by atoms with van der Waals surface area (Å²) in [6.07, 6.45) is 2.12. The molecule has 0 aliphatic carbocycles. The highest BCUT2D eigenvalue weighted by Gasteiger charge is 2.16. The van der Waals surface area contributed by atoms with Crippen LogP contribution in [0.25, 0.3) is 0 Å². The van der Waals surface area contributed by atoms with Gasteiger partial charge in [0.1, 0.15) is 5.82 Å². The molecule has 0 spiro atoms. The average molecular weight is 293 g/mol. The Balaban J connectivity index is 2.14. The predicted molar refractivity (Wildman–Crippen MR) is 80.2 cm³/mol. The van der Waals surface area contributed by atoms with Crippen LogP contribution in [0.2, 0.25) is 5.02 Å². The third-order valence-corrected chi connectivity index (χ3v) is 3.68. The van der Waals surface area contributed by atoms with Gasteiger partial charge in [-0.2, -0.15) is 0 Å². The number of aromatic nitrogens is 1. The summed E-state index contributed by atoms with van der Waals surface area (Å²) in [7, 11) is 0. The van der Waals surface area contributed by atoms with Gasteiger partial charge in [-0.25, -0.2) is 4.39 Å². The van der Waals surface area contributed by atoms with Crippen LogP contribution in [0.1, 0.15) is 43.6 Å². The summed E-state index contributed by atoms with van der Waals surface area (Å²) in [6, 6.07) is 11.1. The Bertz CT molecular complexity index is 557. The van der Waals surface area contributed by atoms with Crippen LogP contribution in [-0.4, -0.2) is 4.98 Å². The molecule has 1 N–H and O–H groups in total. The zero-order chi connectivity index (χ0) is 14.5. The molecule has 2 rings (SSSR count). The lowest BCUT2D eigenvalue weighted by Crippen LogP contribution is -2.25. The standard InChI is InChI=1S/C16H18ClFN2/c1-3-15(16-9-8-12(18)10-19-16)20-11(2)13-6-4-5-7-14(13)17/h4-11,15,20H,3H2,1-2H3/t11-,15?/m0/s1. The SMILES string of the molecule is CCC(N[C@@H](C)c1ccccc1Cl)c1ccc(F)cn1. The molecule has 2 nitrogen and oxygen atoms in total. The first kappa shape index (κ1) is 14.9. The lowest BCUT2D eigenvalue weighted by molar-refractivity contribution is 0.447. The molecule has 2 atom stereocenters. The quantitative estimate of drug-likeness (QED) is 0.866. The normalized spacial score (nSPS) is 14.0. The summed E-state index contributed by atoms with van der Waals surface area (Å²) in [5.74, 6) is -0.317. The summed E-state index contributed by atoms with van der Waals surface area (Å²) >= 11 is 6.21. The first-order valence-electron chi connectivity index (χ1n) is 6.73. The Hall–Kier alpha value is -1.45. The minimum atomic E-state index is -0.317. The second kappa shape index (κ2) is 6.82. The number of hydrogen-bond acceptors (Lipinski definition) is 2. The van der Waals surface area contributed by atoms with E-state index in [2.05, 4.69) is 24.1 Å². The zero-order valence-corrected chi connectivity index (χ0v) is 12.4. The fraction of sp³-hybridized carbons (Fsp3) is 0.312. The second-order valence-corrected chi connectivity index (χ2v) is 5.18. The van der Waals surface area contributed by atoms with E-state index in [0.717, 1.165) is 22.7 Å². The molecular weight excluding hydrogens is 275 g/mol. The molecule has 1 aromatic heterocycles. The van der Waals surface area contributed by atoms with Crippen molar-refractivity contribution in [3.63, 3.8) is 0 Å². The van der Waals surface area contributed by atoms with E-state index in [1.807, 2.05) is 24.3 Å². The van der Waals surface area contributed by atoms with Gasteiger partial charge in [0.05, 0.1) is 11.9 Å².